The predicted octanol–water partition coefficient (Wildman–Crippen LogP) is 0.539. The Hall–Kier alpha value is -1.79. The summed E-state index contributed by atoms with van der Waals surface area (Å²) in [5.41, 5.74) is 6.05. The molecule has 0 heterocycles. The number of carboxylic acids is 1. The third-order valence-corrected chi connectivity index (χ3v) is 2.57. The topological polar surface area (TPSA) is 102 Å². The Kier molecular flexibility index (Phi) is 4.94. The Bertz CT molecular complexity index is 421. The van der Waals surface area contributed by atoms with Crippen LogP contribution in [0.2, 0.25) is 0 Å². The fraction of sp³-hybridized carbons (Fsp3) is 0.417. The number of hydrogen-bond donors (Lipinski definition) is 3. The molecule has 0 amide bonds. The molecule has 0 aromatic heterocycles. The third-order valence-electron chi connectivity index (χ3n) is 2.57. The SMILES string of the molecule is COc1ccc(OC)c(C(O)C(N)CC(=O)O)c1. The van der Waals surface area contributed by atoms with Gasteiger partial charge in [-0.05, 0) is 18.2 Å². The monoisotopic (exact) mass is 255 g/mol. The van der Waals surface area contributed by atoms with Crippen molar-refractivity contribution >= 4 is 5.97 Å². The maximum atomic E-state index is 10.6. The first-order valence-electron chi connectivity index (χ1n) is 5.37. The van der Waals surface area contributed by atoms with Crippen LogP contribution in [0, 0.1) is 0 Å². The van der Waals surface area contributed by atoms with E-state index >= 15 is 0 Å². The summed E-state index contributed by atoms with van der Waals surface area (Å²) in [6.45, 7) is 0. The van der Waals surface area contributed by atoms with Gasteiger partial charge in [0, 0.05) is 11.6 Å². The molecule has 0 radical (unpaired) electrons. The Morgan fingerprint density at radius 1 is 1.39 bits per heavy atom. The van der Waals surface area contributed by atoms with Gasteiger partial charge in [0.15, 0.2) is 0 Å². The van der Waals surface area contributed by atoms with Gasteiger partial charge in [-0.3, -0.25) is 4.79 Å². The molecule has 0 fully saturated rings. The number of ether oxygens (including phenoxy) is 2. The van der Waals surface area contributed by atoms with Crippen LogP contribution in [0.4, 0.5) is 0 Å². The van der Waals surface area contributed by atoms with Crippen molar-refractivity contribution in [2.45, 2.75) is 18.6 Å². The van der Waals surface area contributed by atoms with E-state index in [1.807, 2.05) is 0 Å². The molecule has 6 nitrogen and oxygen atoms in total. The number of carbonyl (C=O) groups is 1. The van der Waals surface area contributed by atoms with Gasteiger partial charge in [-0.2, -0.15) is 0 Å². The summed E-state index contributed by atoms with van der Waals surface area (Å²) in [6, 6.07) is 3.97. The van der Waals surface area contributed by atoms with Crippen molar-refractivity contribution in [3.05, 3.63) is 23.8 Å². The first-order chi connectivity index (χ1) is 8.49. The highest BCUT2D eigenvalue weighted by Crippen LogP contribution is 2.31. The highest BCUT2D eigenvalue weighted by molar-refractivity contribution is 5.67. The van der Waals surface area contributed by atoms with Crippen molar-refractivity contribution in [1.82, 2.24) is 0 Å². The van der Waals surface area contributed by atoms with Crippen LogP contribution in [0.25, 0.3) is 0 Å². The lowest BCUT2D eigenvalue weighted by Crippen LogP contribution is -2.31. The van der Waals surface area contributed by atoms with E-state index in [0.717, 1.165) is 0 Å². The molecule has 0 aliphatic heterocycles. The van der Waals surface area contributed by atoms with E-state index in [2.05, 4.69) is 0 Å². The average molecular weight is 255 g/mol. The maximum Gasteiger partial charge on any atom is 0.305 e. The van der Waals surface area contributed by atoms with Gasteiger partial charge in [0.2, 0.25) is 0 Å². The number of aliphatic hydroxyl groups excluding tert-OH is 1. The average Bonchev–Trinajstić information content (AvgIpc) is 2.36. The molecule has 0 aliphatic rings. The molecule has 18 heavy (non-hydrogen) atoms. The van der Waals surface area contributed by atoms with Crippen LogP contribution in [0.3, 0.4) is 0 Å². The van der Waals surface area contributed by atoms with Gasteiger partial charge in [-0.1, -0.05) is 0 Å². The lowest BCUT2D eigenvalue weighted by Gasteiger charge is -2.20. The quantitative estimate of drug-likeness (QED) is 0.685. The molecule has 1 rings (SSSR count). The summed E-state index contributed by atoms with van der Waals surface area (Å²) in [5, 5.41) is 18.7. The molecule has 6 heteroatoms. The van der Waals surface area contributed by atoms with E-state index in [9.17, 15) is 9.90 Å². The minimum Gasteiger partial charge on any atom is -0.497 e. The molecule has 0 saturated heterocycles. The van der Waals surface area contributed by atoms with Gasteiger partial charge >= 0.3 is 5.97 Å². The molecule has 0 spiro atoms. The summed E-state index contributed by atoms with van der Waals surface area (Å²) in [4.78, 5) is 10.6. The summed E-state index contributed by atoms with van der Waals surface area (Å²) >= 11 is 0. The van der Waals surface area contributed by atoms with Crippen molar-refractivity contribution in [3.8, 4) is 11.5 Å². The standard InChI is InChI=1S/C12H17NO5/c1-17-7-3-4-10(18-2)8(5-7)12(16)9(13)6-11(14)15/h3-5,9,12,16H,6,13H2,1-2H3,(H,14,15). The molecule has 2 unspecified atom stereocenters. The molecule has 1 aromatic carbocycles. The third kappa shape index (κ3) is 3.35. The number of hydrogen-bond acceptors (Lipinski definition) is 5. The van der Waals surface area contributed by atoms with E-state index in [-0.39, 0.29) is 6.42 Å². The number of carboxylic acid groups (broad SMARTS) is 1. The minimum atomic E-state index is -1.13. The van der Waals surface area contributed by atoms with Crippen LogP contribution >= 0.6 is 0 Å². The Morgan fingerprint density at radius 3 is 2.56 bits per heavy atom. The second kappa shape index (κ2) is 6.23. The van der Waals surface area contributed by atoms with Crippen LogP contribution < -0.4 is 15.2 Å². The fourth-order valence-electron chi connectivity index (χ4n) is 1.61. The zero-order valence-corrected chi connectivity index (χ0v) is 10.3. The highest BCUT2D eigenvalue weighted by atomic mass is 16.5. The summed E-state index contributed by atoms with van der Waals surface area (Å²) in [6.07, 6.45) is -1.47. The molecule has 100 valence electrons. The summed E-state index contributed by atoms with van der Waals surface area (Å²) in [7, 11) is 2.95. The number of aliphatic carboxylic acids is 1. The fourth-order valence-corrected chi connectivity index (χ4v) is 1.61. The van der Waals surface area contributed by atoms with E-state index in [1.165, 1.54) is 14.2 Å². The maximum absolute atomic E-state index is 10.6. The molecular weight excluding hydrogens is 238 g/mol. The van der Waals surface area contributed by atoms with Crippen molar-refractivity contribution < 1.29 is 24.5 Å². The molecule has 0 aliphatic carbocycles. The van der Waals surface area contributed by atoms with Crippen LogP contribution in [-0.4, -0.2) is 36.4 Å². The van der Waals surface area contributed by atoms with Crippen molar-refractivity contribution in [2.24, 2.45) is 5.73 Å². The van der Waals surface area contributed by atoms with Gasteiger partial charge in [-0.15, -0.1) is 0 Å². The normalized spacial score (nSPS) is 13.8. The first kappa shape index (κ1) is 14.3. The number of benzene rings is 1. The van der Waals surface area contributed by atoms with Crippen molar-refractivity contribution in [2.75, 3.05) is 14.2 Å². The summed E-state index contributed by atoms with van der Waals surface area (Å²) in [5.74, 6) is -0.0973. The number of aliphatic hydroxyl groups is 1. The lowest BCUT2D eigenvalue weighted by atomic mass is 9.99. The van der Waals surface area contributed by atoms with Gasteiger partial charge in [0.05, 0.1) is 26.7 Å². The van der Waals surface area contributed by atoms with Gasteiger partial charge < -0.3 is 25.4 Å². The molecule has 0 bridgehead atoms. The first-order valence-corrected chi connectivity index (χ1v) is 5.37. The smallest absolute Gasteiger partial charge is 0.305 e. The Balaban J connectivity index is 3.01. The zero-order chi connectivity index (χ0) is 13.7. The second-order valence-corrected chi connectivity index (χ2v) is 3.81. The zero-order valence-electron chi connectivity index (χ0n) is 10.3. The molecular formula is C12H17NO5. The molecule has 4 N–H and O–H groups in total. The van der Waals surface area contributed by atoms with Gasteiger partial charge in [0.1, 0.15) is 11.5 Å². The second-order valence-electron chi connectivity index (χ2n) is 3.81. The molecule has 1 aromatic rings. The molecule has 2 atom stereocenters. The van der Waals surface area contributed by atoms with Crippen LogP contribution in [-0.2, 0) is 4.79 Å². The van der Waals surface area contributed by atoms with E-state index < -0.39 is 18.1 Å². The predicted molar refractivity (Wildman–Crippen MR) is 64.7 cm³/mol. The Morgan fingerprint density at radius 2 is 2.06 bits per heavy atom. The van der Waals surface area contributed by atoms with Crippen molar-refractivity contribution in [1.29, 1.82) is 0 Å². The van der Waals surface area contributed by atoms with Crippen LogP contribution in [0.15, 0.2) is 18.2 Å². The van der Waals surface area contributed by atoms with Gasteiger partial charge in [0.25, 0.3) is 0 Å². The van der Waals surface area contributed by atoms with E-state index in [1.54, 1.807) is 18.2 Å². The lowest BCUT2D eigenvalue weighted by molar-refractivity contribution is -0.138. The molecule has 0 saturated carbocycles. The largest absolute Gasteiger partial charge is 0.497 e. The number of methoxy groups -OCH3 is 2. The summed E-state index contributed by atoms with van der Waals surface area (Å²) < 4.78 is 10.1. The van der Waals surface area contributed by atoms with Crippen LogP contribution in [0.5, 0.6) is 11.5 Å². The van der Waals surface area contributed by atoms with Crippen molar-refractivity contribution in [3.63, 3.8) is 0 Å². The van der Waals surface area contributed by atoms with E-state index in [0.29, 0.717) is 17.1 Å². The minimum absolute atomic E-state index is 0.332. The highest BCUT2D eigenvalue weighted by Gasteiger charge is 2.23. The van der Waals surface area contributed by atoms with E-state index in [4.69, 9.17) is 20.3 Å². The number of rotatable bonds is 6. The van der Waals surface area contributed by atoms with Gasteiger partial charge in [-0.25, -0.2) is 0 Å². The number of nitrogens with two attached hydrogens (primary N) is 1. The van der Waals surface area contributed by atoms with Crippen LogP contribution in [0.1, 0.15) is 18.1 Å². The Labute approximate surface area is 105 Å².